The molecule has 1 unspecified atom stereocenters. The van der Waals surface area contributed by atoms with Crippen LogP contribution < -0.4 is 4.90 Å². The van der Waals surface area contributed by atoms with Gasteiger partial charge in [0.15, 0.2) is 5.37 Å². The zero-order valence-electron chi connectivity index (χ0n) is 10.8. The van der Waals surface area contributed by atoms with Crippen LogP contribution in [0.2, 0.25) is 0 Å². The second-order valence-electron chi connectivity index (χ2n) is 4.45. The molecule has 4 nitrogen and oxygen atoms in total. The summed E-state index contributed by atoms with van der Waals surface area (Å²) in [6.45, 7) is 2.17. The van der Waals surface area contributed by atoms with Gasteiger partial charge in [0.1, 0.15) is 6.54 Å². The van der Waals surface area contributed by atoms with E-state index in [1.807, 2.05) is 25.1 Å². The molecule has 2 rings (SSSR count). The Hall–Kier alpha value is -1.49. The van der Waals surface area contributed by atoms with Gasteiger partial charge in [-0.15, -0.1) is 0 Å². The molecule has 0 bridgehead atoms. The van der Waals surface area contributed by atoms with Gasteiger partial charge in [-0.1, -0.05) is 18.2 Å². The van der Waals surface area contributed by atoms with Crippen LogP contribution in [0.25, 0.3) is 0 Å². The minimum atomic E-state index is -0.208. The maximum Gasteiger partial charge on any atom is 0.335 e. The highest BCUT2D eigenvalue weighted by Gasteiger charge is 2.42. The first-order chi connectivity index (χ1) is 8.52. The lowest BCUT2D eigenvalue weighted by atomic mass is 10.3. The van der Waals surface area contributed by atoms with E-state index in [4.69, 9.17) is 0 Å². The number of imide groups is 1. The molecule has 3 amide bonds. The molecular formula is C13H17N2O2S+. The third-order valence-corrected chi connectivity index (χ3v) is 4.75. The average molecular weight is 265 g/mol. The summed E-state index contributed by atoms with van der Waals surface area (Å²) < 4.78 is 0. The fourth-order valence-electron chi connectivity index (χ4n) is 1.89. The number of carbonyl (C=O) groups is 2. The Morgan fingerprint density at radius 2 is 1.78 bits per heavy atom. The minimum absolute atomic E-state index is 0.0691. The predicted octanol–water partition coefficient (Wildman–Crippen LogP) is 1.68. The molecule has 1 atom stereocenters. The second-order valence-corrected chi connectivity index (χ2v) is 6.90. The molecule has 1 fully saturated rings. The van der Waals surface area contributed by atoms with Crippen LogP contribution in [0.15, 0.2) is 30.3 Å². The molecular weight excluding hydrogens is 248 g/mol. The Morgan fingerprint density at radius 1 is 1.17 bits per heavy atom. The number of hydrogen-bond acceptors (Lipinski definition) is 2. The van der Waals surface area contributed by atoms with E-state index in [1.165, 1.54) is 4.90 Å². The molecule has 18 heavy (non-hydrogen) atoms. The SMILES string of the molecule is CC(N1CC(=O)N(c2ccccc2)C1=O)[S+](C)C. The summed E-state index contributed by atoms with van der Waals surface area (Å²) in [4.78, 5) is 27.2. The summed E-state index contributed by atoms with van der Waals surface area (Å²) in [6, 6.07) is 8.87. The van der Waals surface area contributed by atoms with Gasteiger partial charge in [0.05, 0.1) is 18.2 Å². The van der Waals surface area contributed by atoms with Crippen molar-refractivity contribution in [2.75, 3.05) is 24.0 Å². The Kier molecular flexibility index (Phi) is 3.61. The molecule has 0 aromatic heterocycles. The standard InChI is InChI=1S/C13H17N2O2S/c1-10(18(2)3)14-9-12(16)15(13(14)17)11-7-5-4-6-8-11/h4-8,10H,9H2,1-3H3/q+1. The van der Waals surface area contributed by atoms with E-state index < -0.39 is 0 Å². The monoisotopic (exact) mass is 265 g/mol. The van der Waals surface area contributed by atoms with Gasteiger partial charge < -0.3 is 0 Å². The molecule has 1 heterocycles. The summed E-state index contributed by atoms with van der Waals surface area (Å²) in [5.41, 5.74) is 0.647. The van der Waals surface area contributed by atoms with E-state index >= 15 is 0 Å². The number of benzene rings is 1. The van der Waals surface area contributed by atoms with Crippen molar-refractivity contribution in [3.63, 3.8) is 0 Å². The minimum Gasteiger partial charge on any atom is -0.272 e. The molecule has 0 spiro atoms. The normalized spacial score (nSPS) is 17.8. The van der Waals surface area contributed by atoms with Crippen molar-refractivity contribution in [2.45, 2.75) is 12.3 Å². The van der Waals surface area contributed by atoms with E-state index in [1.54, 1.807) is 17.0 Å². The molecule has 0 radical (unpaired) electrons. The van der Waals surface area contributed by atoms with Gasteiger partial charge in [0.25, 0.3) is 5.91 Å². The fraction of sp³-hybridized carbons (Fsp3) is 0.385. The predicted molar refractivity (Wildman–Crippen MR) is 74.7 cm³/mol. The highest BCUT2D eigenvalue weighted by atomic mass is 32.2. The van der Waals surface area contributed by atoms with Crippen molar-refractivity contribution in [1.29, 1.82) is 0 Å². The Morgan fingerprint density at radius 3 is 2.33 bits per heavy atom. The summed E-state index contributed by atoms with van der Waals surface area (Å²) in [5, 5.41) is 0.0927. The molecule has 1 aromatic carbocycles. The first kappa shape index (κ1) is 13.0. The molecule has 0 N–H and O–H groups in total. The van der Waals surface area contributed by atoms with Gasteiger partial charge in [-0.3, -0.25) is 9.69 Å². The smallest absolute Gasteiger partial charge is 0.272 e. The molecule has 0 aliphatic carbocycles. The summed E-state index contributed by atoms with van der Waals surface area (Å²) >= 11 is 0. The van der Waals surface area contributed by atoms with Crippen LogP contribution in [0.1, 0.15) is 6.92 Å². The Balaban J connectivity index is 2.25. The lowest BCUT2D eigenvalue weighted by Gasteiger charge is -2.20. The van der Waals surface area contributed by atoms with Crippen molar-refractivity contribution in [3.8, 4) is 0 Å². The maximum absolute atomic E-state index is 12.3. The molecule has 1 aliphatic rings. The van der Waals surface area contributed by atoms with Crippen molar-refractivity contribution in [2.24, 2.45) is 0 Å². The van der Waals surface area contributed by atoms with Gasteiger partial charge in [0.2, 0.25) is 0 Å². The van der Waals surface area contributed by atoms with Crippen LogP contribution in [0.4, 0.5) is 10.5 Å². The summed E-state index contributed by atoms with van der Waals surface area (Å²) in [5.74, 6) is -0.150. The highest BCUT2D eigenvalue weighted by Crippen LogP contribution is 2.23. The molecule has 96 valence electrons. The first-order valence-electron chi connectivity index (χ1n) is 5.77. The molecule has 1 saturated heterocycles. The lowest BCUT2D eigenvalue weighted by molar-refractivity contribution is -0.116. The van der Waals surface area contributed by atoms with Crippen LogP contribution in [0.3, 0.4) is 0 Å². The van der Waals surface area contributed by atoms with Gasteiger partial charge >= 0.3 is 6.03 Å². The van der Waals surface area contributed by atoms with Crippen molar-refractivity contribution < 1.29 is 9.59 Å². The third-order valence-electron chi connectivity index (χ3n) is 3.13. The van der Waals surface area contributed by atoms with Crippen molar-refractivity contribution in [1.82, 2.24) is 4.90 Å². The number of urea groups is 1. The quantitative estimate of drug-likeness (QED) is 0.616. The van der Waals surface area contributed by atoms with E-state index in [0.717, 1.165) is 0 Å². The zero-order valence-corrected chi connectivity index (χ0v) is 11.6. The number of rotatable bonds is 3. The number of anilines is 1. The number of carbonyl (C=O) groups excluding carboxylic acids is 2. The van der Waals surface area contributed by atoms with E-state index in [-0.39, 0.29) is 34.8 Å². The van der Waals surface area contributed by atoms with Gasteiger partial charge in [-0.2, -0.15) is 0 Å². The van der Waals surface area contributed by atoms with Gasteiger partial charge in [-0.25, -0.2) is 9.69 Å². The zero-order chi connectivity index (χ0) is 13.3. The van der Waals surface area contributed by atoms with Crippen LogP contribution in [0.5, 0.6) is 0 Å². The van der Waals surface area contributed by atoms with Gasteiger partial charge in [-0.05, 0) is 12.1 Å². The number of amides is 3. The largest absolute Gasteiger partial charge is 0.335 e. The maximum atomic E-state index is 12.3. The van der Waals surface area contributed by atoms with Crippen LogP contribution in [-0.4, -0.2) is 41.3 Å². The Labute approximate surface area is 110 Å². The molecule has 1 aromatic rings. The first-order valence-corrected chi connectivity index (χ1v) is 7.88. The highest BCUT2D eigenvalue weighted by molar-refractivity contribution is 7.96. The van der Waals surface area contributed by atoms with Crippen LogP contribution >= 0.6 is 0 Å². The second kappa shape index (κ2) is 5.02. The number of para-hydroxylation sites is 1. The molecule has 0 saturated carbocycles. The Bertz CT molecular complexity index is 461. The molecule has 5 heteroatoms. The van der Waals surface area contributed by atoms with E-state index in [0.29, 0.717) is 5.69 Å². The lowest BCUT2D eigenvalue weighted by Crippen LogP contribution is -2.41. The van der Waals surface area contributed by atoms with Crippen molar-refractivity contribution in [3.05, 3.63) is 30.3 Å². The topological polar surface area (TPSA) is 40.6 Å². The van der Waals surface area contributed by atoms with Crippen LogP contribution in [-0.2, 0) is 15.7 Å². The average Bonchev–Trinajstić information content (AvgIpc) is 2.65. The van der Waals surface area contributed by atoms with Crippen LogP contribution in [0, 0.1) is 0 Å². The number of hydrogen-bond donors (Lipinski definition) is 0. The van der Waals surface area contributed by atoms with E-state index in [9.17, 15) is 9.59 Å². The summed E-state index contributed by atoms with van der Waals surface area (Å²) in [6.07, 6.45) is 4.15. The number of nitrogens with zero attached hydrogens (tertiary/aromatic N) is 2. The molecule has 1 aliphatic heterocycles. The van der Waals surface area contributed by atoms with Gasteiger partial charge in [0, 0.05) is 17.8 Å². The summed E-state index contributed by atoms with van der Waals surface area (Å²) in [7, 11) is 0.0691. The van der Waals surface area contributed by atoms with E-state index in [2.05, 4.69) is 12.5 Å². The van der Waals surface area contributed by atoms with Crippen molar-refractivity contribution >= 4 is 28.5 Å². The third kappa shape index (κ3) is 2.22. The fourth-order valence-corrected chi connectivity index (χ4v) is 2.56.